The van der Waals surface area contributed by atoms with Gasteiger partial charge in [0.1, 0.15) is 0 Å². The van der Waals surface area contributed by atoms with Crippen molar-refractivity contribution in [2.75, 3.05) is 21.2 Å². The molecule has 1 unspecified atom stereocenters. The SMILES string of the molecule is COC1N=C(c2ccccc2Cl)c2cc(Cl)ccc2-n2nc(C(=O)N(C)C)nc21. The Bertz CT molecular complexity index is 1140. The van der Waals surface area contributed by atoms with Crippen LogP contribution in [0.2, 0.25) is 10.0 Å². The van der Waals surface area contributed by atoms with E-state index in [-0.39, 0.29) is 11.7 Å². The summed E-state index contributed by atoms with van der Waals surface area (Å²) in [6.45, 7) is 0. The van der Waals surface area contributed by atoms with Crippen LogP contribution in [0.1, 0.15) is 33.8 Å². The molecule has 1 aliphatic heterocycles. The topological polar surface area (TPSA) is 72.6 Å². The van der Waals surface area contributed by atoms with Gasteiger partial charge in [-0.1, -0.05) is 41.4 Å². The second-order valence-corrected chi connectivity index (χ2v) is 7.46. The number of carbonyl (C=O) groups excluding carboxylic acids is 1. The maximum atomic E-state index is 12.4. The summed E-state index contributed by atoms with van der Waals surface area (Å²) in [5, 5.41) is 5.51. The molecule has 29 heavy (non-hydrogen) atoms. The number of ether oxygens (including phenoxy) is 1. The van der Waals surface area contributed by atoms with E-state index in [9.17, 15) is 4.79 Å². The van der Waals surface area contributed by atoms with Crippen molar-refractivity contribution in [2.45, 2.75) is 6.23 Å². The van der Waals surface area contributed by atoms with Crippen LogP contribution in [0.4, 0.5) is 0 Å². The Morgan fingerprint density at radius 1 is 1.14 bits per heavy atom. The summed E-state index contributed by atoms with van der Waals surface area (Å²) in [6, 6.07) is 12.7. The lowest BCUT2D eigenvalue weighted by Crippen LogP contribution is -2.23. The van der Waals surface area contributed by atoms with Gasteiger partial charge in [0, 0.05) is 42.4 Å². The first-order valence-electron chi connectivity index (χ1n) is 8.75. The molecule has 1 amide bonds. The highest BCUT2D eigenvalue weighted by atomic mass is 35.5. The molecule has 1 aliphatic rings. The highest BCUT2D eigenvalue weighted by Crippen LogP contribution is 2.33. The van der Waals surface area contributed by atoms with Gasteiger partial charge in [0.05, 0.1) is 11.4 Å². The number of aromatic nitrogens is 3. The molecular formula is C20H17Cl2N5O2. The van der Waals surface area contributed by atoms with E-state index in [1.807, 2.05) is 24.3 Å². The second kappa shape index (κ2) is 7.59. The third-order valence-corrected chi connectivity index (χ3v) is 5.06. The van der Waals surface area contributed by atoms with Gasteiger partial charge in [-0.05, 0) is 24.3 Å². The molecule has 148 valence electrons. The van der Waals surface area contributed by atoms with Gasteiger partial charge in [0.2, 0.25) is 12.1 Å². The largest absolute Gasteiger partial charge is 0.353 e. The average Bonchev–Trinajstić information content (AvgIpc) is 3.09. The molecule has 0 N–H and O–H groups in total. The third-order valence-electron chi connectivity index (χ3n) is 4.49. The number of aliphatic imine (C=N–C) groups is 1. The predicted molar refractivity (Wildman–Crippen MR) is 111 cm³/mol. The number of rotatable bonds is 3. The van der Waals surface area contributed by atoms with E-state index in [0.29, 0.717) is 32.8 Å². The minimum absolute atomic E-state index is 0.0596. The van der Waals surface area contributed by atoms with Gasteiger partial charge < -0.3 is 9.64 Å². The number of nitrogens with zero attached hydrogens (tertiary/aromatic N) is 5. The zero-order chi connectivity index (χ0) is 20.7. The number of hydrogen-bond donors (Lipinski definition) is 0. The van der Waals surface area contributed by atoms with Crippen LogP contribution in [-0.4, -0.2) is 52.5 Å². The fourth-order valence-electron chi connectivity index (χ4n) is 3.11. The van der Waals surface area contributed by atoms with Crippen molar-refractivity contribution >= 4 is 34.8 Å². The standard InChI is InChI=1S/C20H17Cl2N5O2/c1-26(2)20(28)17-24-18-19(29-3)23-16(12-6-4-5-7-14(12)22)13-10-11(21)8-9-15(13)27(18)25-17/h4-10,19H,1-3H3. The van der Waals surface area contributed by atoms with E-state index >= 15 is 0 Å². The van der Waals surface area contributed by atoms with Crippen LogP contribution in [0.15, 0.2) is 47.5 Å². The van der Waals surface area contributed by atoms with E-state index in [1.54, 1.807) is 37.0 Å². The number of carbonyl (C=O) groups is 1. The molecule has 0 aliphatic carbocycles. The van der Waals surface area contributed by atoms with Crippen LogP contribution < -0.4 is 0 Å². The van der Waals surface area contributed by atoms with E-state index in [0.717, 1.165) is 5.56 Å². The van der Waals surface area contributed by atoms with Crippen LogP contribution >= 0.6 is 23.2 Å². The first-order valence-corrected chi connectivity index (χ1v) is 9.50. The molecule has 2 heterocycles. The Morgan fingerprint density at radius 2 is 1.90 bits per heavy atom. The van der Waals surface area contributed by atoms with E-state index in [2.05, 4.69) is 10.1 Å². The molecule has 2 aromatic carbocycles. The lowest BCUT2D eigenvalue weighted by molar-refractivity contribution is 0.0814. The zero-order valence-electron chi connectivity index (χ0n) is 15.9. The molecule has 1 aromatic heterocycles. The summed E-state index contributed by atoms with van der Waals surface area (Å²) in [5.41, 5.74) is 2.72. The molecule has 9 heteroatoms. The molecule has 7 nitrogen and oxygen atoms in total. The highest BCUT2D eigenvalue weighted by Gasteiger charge is 2.30. The Morgan fingerprint density at radius 3 is 2.59 bits per heavy atom. The number of fused-ring (bicyclic) bond motifs is 3. The van der Waals surface area contributed by atoms with Gasteiger partial charge in [-0.15, -0.1) is 5.10 Å². The molecule has 0 saturated carbocycles. The molecule has 4 rings (SSSR count). The summed E-state index contributed by atoms with van der Waals surface area (Å²) in [6.07, 6.45) is -0.788. The van der Waals surface area contributed by atoms with Gasteiger partial charge in [-0.3, -0.25) is 4.79 Å². The number of methoxy groups -OCH3 is 1. The molecular weight excluding hydrogens is 413 g/mol. The van der Waals surface area contributed by atoms with Crippen molar-refractivity contribution in [1.82, 2.24) is 19.7 Å². The van der Waals surface area contributed by atoms with E-state index in [4.69, 9.17) is 32.9 Å². The number of halogens is 2. The maximum absolute atomic E-state index is 12.4. The lowest BCUT2D eigenvalue weighted by atomic mass is 10.0. The first kappa shape index (κ1) is 19.6. The second-order valence-electron chi connectivity index (χ2n) is 6.61. The summed E-state index contributed by atoms with van der Waals surface area (Å²) in [7, 11) is 4.81. The smallest absolute Gasteiger partial charge is 0.293 e. The summed E-state index contributed by atoms with van der Waals surface area (Å²) in [5.74, 6) is 0.138. The predicted octanol–water partition coefficient (Wildman–Crippen LogP) is 3.77. The molecule has 0 radical (unpaired) electrons. The minimum Gasteiger partial charge on any atom is -0.353 e. The molecule has 0 bridgehead atoms. The van der Waals surface area contributed by atoms with E-state index < -0.39 is 6.23 Å². The Labute approximate surface area is 177 Å². The number of amides is 1. The van der Waals surface area contributed by atoms with Crippen molar-refractivity contribution in [3.63, 3.8) is 0 Å². The lowest BCUT2D eigenvalue weighted by Gasteiger charge is -2.12. The number of benzene rings is 2. The van der Waals surface area contributed by atoms with Crippen LogP contribution in [0.5, 0.6) is 0 Å². The fourth-order valence-corrected chi connectivity index (χ4v) is 3.50. The van der Waals surface area contributed by atoms with Gasteiger partial charge in [0.15, 0.2) is 5.82 Å². The normalized spacial score (nSPS) is 15.2. The Kier molecular flexibility index (Phi) is 5.12. The Hall–Kier alpha value is -2.74. The van der Waals surface area contributed by atoms with Gasteiger partial charge in [-0.2, -0.15) is 0 Å². The fraction of sp³-hybridized carbons (Fsp3) is 0.200. The van der Waals surface area contributed by atoms with Crippen molar-refractivity contribution in [3.8, 4) is 5.69 Å². The van der Waals surface area contributed by atoms with Gasteiger partial charge >= 0.3 is 0 Å². The molecule has 1 atom stereocenters. The van der Waals surface area contributed by atoms with Crippen LogP contribution in [0.25, 0.3) is 5.69 Å². The van der Waals surface area contributed by atoms with Crippen molar-refractivity contribution in [1.29, 1.82) is 0 Å². The molecule has 0 spiro atoms. The summed E-state index contributed by atoms with van der Waals surface area (Å²) >= 11 is 12.7. The molecule has 0 fully saturated rings. The van der Waals surface area contributed by atoms with Crippen LogP contribution in [0.3, 0.4) is 0 Å². The quantitative estimate of drug-likeness (QED) is 0.634. The summed E-state index contributed by atoms with van der Waals surface area (Å²) < 4.78 is 7.17. The van der Waals surface area contributed by atoms with Gasteiger partial charge in [0.25, 0.3) is 5.91 Å². The van der Waals surface area contributed by atoms with Crippen LogP contribution in [0, 0.1) is 0 Å². The van der Waals surface area contributed by atoms with Crippen LogP contribution in [-0.2, 0) is 4.74 Å². The first-order chi connectivity index (χ1) is 13.9. The van der Waals surface area contributed by atoms with Crippen molar-refractivity contribution < 1.29 is 9.53 Å². The monoisotopic (exact) mass is 429 g/mol. The Balaban J connectivity index is 2.00. The van der Waals surface area contributed by atoms with Crippen molar-refractivity contribution in [2.24, 2.45) is 4.99 Å². The maximum Gasteiger partial charge on any atom is 0.293 e. The minimum atomic E-state index is -0.788. The average molecular weight is 430 g/mol. The highest BCUT2D eigenvalue weighted by molar-refractivity contribution is 6.36. The third kappa shape index (κ3) is 3.42. The zero-order valence-corrected chi connectivity index (χ0v) is 17.4. The molecule has 3 aromatic rings. The summed E-state index contributed by atoms with van der Waals surface area (Å²) in [4.78, 5) is 23.0. The van der Waals surface area contributed by atoms with E-state index in [1.165, 1.54) is 12.0 Å². The van der Waals surface area contributed by atoms with Gasteiger partial charge in [-0.25, -0.2) is 14.7 Å². The van der Waals surface area contributed by atoms with Crippen molar-refractivity contribution in [3.05, 3.63) is 75.3 Å². The number of hydrogen-bond acceptors (Lipinski definition) is 5. The molecule has 0 saturated heterocycles.